The molecule has 0 aliphatic rings. The van der Waals surface area contributed by atoms with E-state index in [9.17, 15) is 0 Å². The number of benzene rings is 1. The summed E-state index contributed by atoms with van der Waals surface area (Å²) >= 11 is 1.78. The molecule has 108 valence electrons. The topological polar surface area (TPSA) is 24.9 Å². The molecule has 0 aliphatic carbocycles. The summed E-state index contributed by atoms with van der Waals surface area (Å²) in [7, 11) is 0. The standard InChI is InChI=1S/C17H24N2S/c1-4-8-18-11-16(10-17-19-14(3)12-20-17)15-7-5-6-13(2)9-15/h5-7,9,12,16,18H,4,8,10-11H2,1-3H3. The molecule has 0 fully saturated rings. The van der Waals surface area contributed by atoms with Crippen molar-refractivity contribution < 1.29 is 0 Å². The first-order chi connectivity index (χ1) is 9.69. The number of aryl methyl sites for hydroxylation is 2. The smallest absolute Gasteiger partial charge is 0.0934 e. The summed E-state index contributed by atoms with van der Waals surface area (Å²) in [6.45, 7) is 8.54. The number of rotatable bonds is 7. The van der Waals surface area contributed by atoms with Crippen LogP contribution in [0, 0.1) is 13.8 Å². The molecular formula is C17H24N2S. The van der Waals surface area contributed by atoms with Gasteiger partial charge in [0.15, 0.2) is 0 Å². The van der Waals surface area contributed by atoms with Crippen molar-refractivity contribution in [2.24, 2.45) is 0 Å². The molecule has 20 heavy (non-hydrogen) atoms. The zero-order valence-electron chi connectivity index (χ0n) is 12.6. The highest BCUT2D eigenvalue weighted by atomic mass is 32.1. The molecule has 2 nitrogen and oxygen atoms in total. The Labute approximate surface area is 126 Å². The van der Waals surface area contributed by atoms with Crippen LogP contribution in [0.15, 0.2) is 29.6 Å². The molecule has 0 saturated carbocycles. The van der Waals surface area contributed by atoms with E-state index in [0.29, 0.717) is 5.92 Å². The summed E-state index contributed by atoms with van der Waals surface area (Å²) in [4.78, 5) is 4.62. The van der Waals surface area contributed by atoms with Crippen LogP contribution in [0.5, 0.6) is 0 Å². The maximum Gasteiger partial charge on any atom is 0.0934 e. The first kappa shape index (κ1) is 15.2. The second-order valence-electron chi connectivity index (χ2n) is 5.40. The Balaban J connectivity index is 2.11. The van der Waals surface area contributed by atoms with E-state index < -0.39 is 0 Å². The Morgan fingerprint density at radius 3 is 2.80 bits per heavy atom. The number of nitrogens with zero attached hydrogens (tertiary/aromatic N) is 1. The first-order valence-electron chi connectivity index (χ1n) is 7.37. The van der Waals surface area contributed by atoms with Crippen molar-refractivity contribution in [1.29, 1.82) is 0 Å². The lowest BCUT2D eigenvalue weighted by molar-refractivity contribution is 0.575. The Morgan fingerprint density at radius 1 is 1.30 bits per heavy atom. The van der Waals surface area contributed by atoms with Gasteiger partial charge in [-0.3, -0.25) is 0 Å². The lowest BCUT2D eigenvalue weighted by atomic mass is 9.94. The molecule has 0 aliphatic heterocycles. The Morgan fingerprint density at radius 2 is 2.15 bits per heavy atom. The van der Waals surface area contributed by atoms with Gasteiger partial charge < -0.3 is 5.32 Å². The lowest BCUT2D eigenvalue weighted by Gasteiger charge is -2.17. The fraction of sp³-hybridized carbons (Fsp3) is 0.471. The summed E-state index contributed by atoms with van der Waals surface area (Å²) in [6.07, 6.45) is 2.20. The molecule has 2 rings (SSSR count). The third kappa shape index (κ3) is 4.43. The van der Waals surface area contributed by atoms with Crippen LogP contribution in [-0.2, 0) is 6.42 Å². The first-order valence-corrected chi connectivity index (χ1v) is 8.25. The van der Waals surface area contributed by atoms with Gasteiger partial charge in [0.2, 0.25) is 0 Å². The van der Waals surface area contributed by atoms with Crippen LogP contribution in [0.2, 0.25) is 0 Å². The van der Waals surface area contributed by atoms with E-state index in [2.05, 4.69) is 60.7 Å². The molecule has 1 aromatic heterocycles. The van der Waals surface area contributed by atoms with Gasteiger partial charge in [-0.15, -0.1) is 11.3 Å². The van der Waals surface area contributed by atoms with E-state index in [1.807, 2.05) is 0 Å². The Kier molecular flexibility index (Phi) is 5.74. The van der Waals surface area contributed by atoms with Crippen LogP contribution >= 0.6 is 11.3 Å². The lowest BCUT2D eigenvalue weighted by Crippen LogP contribution is -2.23. The van der Waals surface area contributed by atoms with Gasteiger partial charge in [-0.1, -0.05) is 36.8 Å². The SMILES string of the molecule is CCCNCC(Cc1nc(C)cs1)c1cccc(C)c1. The minimum absolute atomic E-state index is 0.506. The molecular weight excluding hydrogens is 264 g/mol. The van der Waals surface area contributed by atoms with Crippen molar-refractivity contribution >= 4 is 11.3 Å². The number of hydrogen-bond acceptors (Lipinski definition) is 3. The Hall–Kier alpha value is -1.19. The van der Waals surface area contributed by atoms with E-state index in [1.54, 1.807) is 11.3 Å². The molecule has 1 N–H and O–H groups in total. The number of hydrogen-bond donors (Lipinski definition) is 1. The third-order valence-corrected chi connectivity index (χ3v) is 4.41. The maximum atomic E-state index is 4.62. The summed E-state index contributed by atoms with van der Waals surface area (Å²) in [6, 6.07) is 8.86. The fourth-order valence-electron chi connectivity index (χ4n) is 2.39. The molecule has 1 aromatic carbocycles. The molecule has 1 unspecified atom stereocenters. The van der Waals surface area contributed by atoms with Crippen LogP contribution in [-0.4, -0.2) is 18.1 Å². The highest BCUT2D eigenvalue weighted by Crippen LogP contribution is 2.23. The van der Waals surface area contributed by atoms with Crippen molar-refractivity contribution in [2.45, 2.75) is 39.5 Å². The van der Waals surface area contributed by atoms with Gasteiger partial charge >= 0.3 is 0 Å². The van der Waals surface area contributed by atoms with E-state index in [4.69, 9.17) is 0 Å². The van der Waals surface area contributed by atoms with Gasteiger partial charge in [0.05, 0.1) is 5.01 Å². The van der Waals surface area contributed by atoms with Gasteiger partial charge in [0.1, 0.15) is 0 Å². The second-order valence-corrected chi connectivity index (χ2v) is 6.34. The largest absolute Gasteiger partial charge is 0.316 e. The average molecular weight is 288 g/mol. The Bertz CT molecular complexity index is 533. The van der Waals surface area contributed by atoms with Crippen LogP contribution in [0.4, 0.5) is 0 Å². The molecule has 2 aromatic rings. The molecule has 0 radical (unpaired) electrons. The molecule has 1 heterocycles. The quantitative estimate of drug-likeness (QED) is 0.776. The van der Waals surface area contributed by atoms with Gasteiger partial charge in [0.25, 0.3) is 0 Å². The van der Waals surface area contributed by atoms with Gasteiger partial charge in [-0.25, -0.2) is 4.98 Å². The summed E-state index contributed by atoms with van der Waals surface area (Å²) in [5.74, 6) is 0.506. The van der Waals surface area contributed by atoms with Crippen molar-refractivity contribution in [2.75, 3.05) is 13.1 Å². The monoisotopic (exact) mass is 288 g/mol. The van der Waals surface area contributed by atoms with E-state index in [0.717, 1.165) is 25.2 Å². The highest BCUT2D eigenvalue weighted by molar-refractivity contribution is 7.09. The zero-order valence-corrected chi connectivity index (χ0v) is 13.5. The normalized spacial score (nSPS) is 12.6. The average Bonchev–Trinajstić information content (AvgIpc) is 2.83. The zero-order chi connectivity index (χ0) is 14.4. The number of aromatic nitrogens is 1. The fourth-order valence-corrected chi connectivity index (χ4v) is 3.25. The van der Waals surface area contributed by atoms with Crippen molar-refractivity contribution in [3.63, 3.8) is 0 Å². The predicted octanol–water partition coefficient (Wildman–Crippen LogP) is 4.09. The minimum Gasteiger partial charge on any atom is -0.316 e. The molecule has 0 spiro atoms. The molecule has 3 heteroatoms. The summed E-state index contributed by atoms with van der Waals surface area (Å²) in [5.41, 5.74) is 3.88. The summed E-state index contributed by atoms with van der Waals surface area (Å²) in [5, 5.41) is 6.94. The van der Waals surface area contributed by atoms with Crippen molar-refractivity contribution in [3.05, 3.63) is 51.5 Å². The number of thiazole rings is 1. The maximum absolute atomic E-state index is 4.62. The predicted molar refractivity (Wildman–Crippen MR) is 87.6 cm³/mol. The molecule has 0 amide bonds. The van der Waals surface area contributed by atoms with E-state index in [-0.39, 0.29) is 0 Å². The van der Waals surface area contributed by atoms with Gasteiger partial charge in [0, 0.05) is 30.0 Å². The highest BCUT2D eigenvalue weighted by Gasteiger charge is 2.14. The molecule has 0 saturated heterocycles. The number of nitrogens with one attached hydrogen (secondary N) is 1. The van der Waals surface area contributed by atoms with Crippen LogP contribution in [0.1, 0.15) is 41.1 Å². The summed E-state index contributed by atoms with van der Waals surface area (Å²) < 4.78 is 0. The van der Waals surface area contributed by atoms with Crippen LogP contribution in [0.25, 0.3) is 0 Å². The van der Waals surface area contributed by atoms with Crippen LogP contribution in [0.3, 0.4) is 0 Å². The van der Waals surface area contributed by atoms with Crippen molar-refractivity contribution in [3.8, 4) is 0 Å². The van der Waals surface area contributed by atoms with Crippen molar-refractivity contribution in [1.82, 2.24) is 10.3 Å². The van der Waals surface area contributed by atoms with Gasteiger partial charge in [-0.2, -0.15) is 0 Å². The molecule has 1 atom stereocenters. The van der Waals surface area contributed by atoms with E-state index >= 15 is 0 Å². The molecule has 0 bridgehead atoms. The van der Waals surface area contributed by atoms with Gasteiger partial charge in [-0.05, 0) is 32.4 Å². The van der Waals surface area contributed by atoms with E-state index in [1.165, 1.54) is 22.6 Å². The second kappa shape index (κ2) is 7.55. The minimum atomic E-state index is 0.506. The third-order valence-electron chi connectivity index (χ3n) is 3.42. The van der Waals surface area contributed by atoms with Crippen LogP contribution < -0.4 is 5.32 Å².